The summed E-state index contributed by atoms with van der Waals surface area (Å²) in [6.07, 6.45) is -0.0645. The average Bonchev–Trinajstić information content (AvgIpc) is 2.70. The van der Waals surface area contributed by atoms with Gasteiger partial charge in [-0.3, -0.25) is 4.57 Å². The summed E-state index contributed by atoms with van der Waals surface area (Å²) in [5.74, 6) is -0.196. The number of rotatable bonds is 6. The number of oxazole rings is 1. The van der Waals surface area contributed by atoms with E-state index < -0.39 is 13.4 Å². The van der Waals surface area contributed by atoms with Crippen molar-refractivity contribution < 1.29 is 22.4 Å². The number of halogens is 1. The summed E-state index contributed by atoms with van der Waals surface area (Å²) >= 11 is 0. The van der Waals surface area contributed by atoms with Crippen molar-refractivity contribution in [2.75, 3.05) is 13.2 Å². The monoisotopic (exact) mass is 287 g/mol. The zero-order valence-corrected chi connectivity index (χ0v) is 11.7. The molecule has 0 amide bonds. The highest BCUT2D eigenvalue weighted by atomic mass is 31.2. The minimum absolute atomic E-state index is 0.0645. The fraction of sp³-hybridized carbons (Fsp3) is 0.417. The molecule has 0 saturated carbocycles. The standard InChI is InChI=1S/C12H15FNO4P/c1-3-16-19(15,17-4-2)8-12-14-10-6-5-9(13)7-11(10)18-12/h5-7H,3-4,8H2,1-2H3. The Hall–Kier alpha value is -1.23. The second kappa shape index (κ2) is 5.82. The van der Waals surface area contributed by atoms with E-state index in [4.69, 9.17) is 13.5 Å². The molecule has 0 aliphatic carbocycles. The van der Waals surface area contributed by atoms with E-state index in [-0.39, 0.29) is 25.3 Å². The van der Waals surface area contributed by atoms with Crippen LogP contribution in [0, 0.1) is 5.82 Å². The zero-order chi connectivity index (χ0) is 13.9. The van der Waals surface area contributed by atoms with Gasteiger partial charge in [-0.05, 0) is 26.0 Å². The maximum Gasteiger partial charge on any atom is 0.339 e. The molecule has 0 spiro atoms. The predicted octanol–water partition coefficient (Wildman–Crippen LogP) is 3.73. The van der Waals surface area contributed by atoms with E-state index in [1.807, 2.05) is 0 Å². The lowest BCUT2D eigenvalue weighted by molar-refractivity contribution is 0.217. The van der Waals surface area contributed by atoms with Crippen LogP contribution in [-0.2, 0) is 19.8 Å². The highest BCUT2D eigenvalue weighted by molar-refractivity contribution is 7.52. The highest BCUT2D eigenvalue weighted by Crippen LogP contribution is 2.51. The molecule has 0 unspecified atom stereocenters. The van der Waals surface area contributed by atoms with Gasteiger partial charge in [-0.1, -0.05) is 0 Å². The molecule has 0 radical (unpaired) electrons. The van der Waals surface area contributed by atoms with Gasteiger partial charge in [0.1, 0.15) is 17.5 Å². The molecule has 0 bridgehead atoms. The smallest absolute Gasteiger partial charge is 0.339 e. The van der Waals surface area contributed by atoms with Crippen LogP contribution >= 0.6 is 7.60 Å². The van der Waals surface area contributed by atoms with Crippen LogP contribution < -0.4 is 0 Å². The molecule has 1 heterocycles. The van der Waals surface area contributed by atoms with E-state index in [9.17, 15) is 8.96 Å². The molecule has 0 atom stereocenters. The number of benzene rings is 1. The molecule has 1 aromatic carbocycles. The second-order valence-corrected chi connectivity index (χ2v) is 5.88. The molecule has 0 saturated heterocycles. The van der Waals surface area contributed by atoms with Gasteiger partial charge in [0, 0.05) is 6.07 Å². The lowest BCUT2D eigenvalue weighted by atomic mass is 10.3. The van der Waals surface area contributed by atoms with Crippen molar-refractivity contribution in [3.63, 3.8) is 0 Å². The summed E-state index contributed by atoms with van der Waals surface area (Å²) in [4.78, 5) is 4.14. The Balaban J connectivity index is 2.26. The average molecular weight is 287 g/mol. The van der Waals surface area contributed by atoms with Crippen LogP contribution in [0.5, 0.6) is 0 Å². The maximum absolute atomic E-state index is 13.0. The number of hydrogen-bond acceptors (Lipinski definition) is 5. The minimum Gasteiger partial charge on any atom is -0.440 e. The van der Waals surface area contributed by atoms with Gasteiger partial charge in [-0.2, -0.15) is 0 Å². The van der Waals surface area contributed by atoms with Gasteiger partial charge in [-0.15, -0.1) is 0 Å². The van der Waals surface area contributed by atoms with Crippen LogP contribution in [0.3, 0.4) is 0 Å². The third-order valence-corrected chi connectivity index (χ3v) is 4.34. The summed E-state index contributed by atoms with van der Waals surface area (Å²) in [7, 11) is -3.26. The van der Waals surface area contributed by atoms with Gasteiger partial charge >= 0.3 is 7.60 Å². The number of nitrogens with zero attached hydrogens (tertiary/aromatic N) is 1. The van der Waals surface area contributed by atoms with Crippen LogP contribution in [-0.4, -0.2) is 18.2 Å². The number of hydrogen-bond donors (Lipinski definition) is 0. The second-order valence-electron chi connectivity index (χ2n) is 3.82. The summed E-state index contributed by atoms with van der Waals surface area (Å²) in [5, 5.41) is 0. The molecule has 5 nitrogen and oxygen atoms in total. The molecule has 0 aliphatic heterocycles. The molecule has 1 aromatic heterocycles. The first kappa shape index (κ1) is 14.2. The molecule has 0 fully saturated rings. The Kier molecular flexibility index (Phi) is 4.34. The van der Waals surface area contributed by atoms with Gasteiger partial charge in [0.05, 0.1) is 13.2 Å². The maximum atomic E-state index is 13.0. The van der Waals surface area contributed by atoms with Crippen LogP contribution in [0.15, 0.2) is 22.6 Å². The van der Waals surface area contributed by atoms with Gasteiger partial charge in [-0.25, -0.2) is 9.37 Å². The van der Waals surface area contributed by atoms with E-state index in [2.05, 4.69) is 4.98 Å². The van der Waals surface area contributed by atoms with Crippen molar-refractivity contribution in [2.24, 2.45) is 0 Å². The zero-order valence-electron chi connectivity index (χ0n) is 10.8. The summed E-state index contributed by atoms with van der Waals surface area (Å²) in [6, 6.07) is 4.03. The molecule has 2 aromatic rings. The van der Waals surface area contributed by atoms with E-state index >= 15 is 0 Å². The van der Waals surface area contributed by atoms with Crippen LogP contribution in [0.2, 0.25) is 0 Å². The molecule has 104 valence electrons. The molecule has 19 heavy (non-hydrogen) atoms. The predicted molar refractivity (Wildman–Crippen MR) is 68.5 cm³/mol. The quantitative estimate of drug-likeness (QED) is 0.757. The molecule has 0 aliphatic rings. The number of aromatic nitrogens is 1. The Labute approximate surface area is 110 Å². The van der Waals surface area contributed by atoms with Crippen LogP contribution in [0.1, 0.15) is 19.7 Å². The van der Waals surface area contributed by atoms with E-state index in [0.717, 1.165) is 0 Å². The molecule has 0 N–H and O–H groups in total. The Morgan fingerprint density at radius 3 is 2.63 bits per heavy atom. The first-order chi connectivity index (χ1) is 9.06. The van der Waals surface area contributed by atoms with E-state index in [0.29, 0.717) is 11.1 Å². The Morgan fingerprint density at radius 2 is 2.00 bits per heavy atom. The van der Waals surface area contributed by atoms with E-state index in [1.54, 1.807) is 13.8 Å². The van der Waals surface area contributed by atoms with Crippen molar-refractivity contribution in [3.05, 3.63) is 29.9 Å². The lowest BCUT2D eigenvalue weighted by Gasteiger charge is -2.14. The van der Waals surface area contributed by atoms with Gasteiger partial charge in [0.25, 0.3) is 0 Å². The largest absolute Gasteiger partial charge is 0.440 e. The topological polar surface area (TPSA) is 61.6 Å². The molecule has 2 rings (SSSR count). The third kappa shape index (κ3) is 3.41. The fourth-order valence-electron chi connectivity index (χ4n) is 1.70. The fourth-order valence-corrected chi connectivity index (χ4v) is 3.21. The molecular formula is C12H15FNO4P. The van der Waals surface area contributed by atoms with E-state index in [1.165, 1.54) is 18.2 Å². The van der Waals surface area contributed by atoms with Gasteiger partial charge < -0.3 is 13.5 Å². The first-order valence-corrected chi connectivity index (χ1v) is 7.72. The van der Waals surface area contributed by atoms with Gasteiger partial charge in [0.15, 0.2) is 5.58 Å². The lowest BCUT2D eigenvalue weighted by Crippen LogP contribution is -1.99. The first-order valence-electron chi connectivity index (χ1n) is 5.99. The van der Waals surface area contributed by atoms with Crippen LogP contribution in [0.25, 0.3) is 11.1 Å². The third-order valence-electron chi connectivity index (χ3n) is 2.38. The van der Waals surface area contributed by atoms with Crippen molar-refractivity contribution in [3.8, 4) is 0 Å². The van der Waals surface area contributed by atoms with Crippen molar-refractivity contribution >= 4 is 18.7 Å². The van der Waals surface area contributed by atoms with Crippen LogP contribution in [0.4, 0.5) is 4.39 Å². The van der Waals surface area contributed by atoms with Gasteiger partial charge in [0.2, 0.25) is 5.89 Å². The SMILES string of the molecule is CCOP(=O)(Cc1nc2ccc(F)cc2o1)OCC. The summed E-state index contributed by atoms with van der Waals surface area (Å²) < 4.78 is 41.0. The molecule has 7 heteroatoms. The van der Waals surface area contributed by atoms with Crippen molar-refractivity contribution in [2.45, 2.75) is 20.0 Å². The Morgan fingerprint density at radius 1 is 1.32 bits per heavy atom. The number of fused-ring (bicyclic) bond motifs is 1. The summed E-state index contributed by atoms with van der Waals surface area (Å²) in [5.41, 5.74) is 0.825. The normalized spacial score (nSPS) is 12.2. The Bertz CT molecular complexity index is 603. The minimum atomic E-state index is -3.26. The summed E-state index contributed by atoms with van der Waals surface area (Å²) in [6.45, 7) is 4.00. The highest BCUT2D eigenvalue weighted by Gasteiger charge is 2.27. The van der Waals surface area contributed by atoms with Crippen molar-refractivity contribution in [1.82, 2.24) is 4.98 Å². The molecular weight excluding hydrogens is 272 g/mol. The van der Waals surface area contributed by atoms with Crippen molar-refractivity contribution in [1.29, 1.82) is 0 Å².